The molecule has 0 bridgehead atoms. The van der Waals surface area contributed by atoms with Crippen molar-refractivity contribution < 1.29 is 19.5 Å². The smallest absolute Gasteiger partial charge is 0.335 e. The maximum Gasteiger partial charge on any atom is 0.335 e. The summed E-state index contributed by atoms with van der Waals surface area (Å²) in [6, 6.07) is 12.8. The summed E-state index contributed by atoms with van der Waals surface area (Å²) in [5.41, 5.74) is 2.53. The summed E-state index contributed by atoms with van der Waals surface area (Å²) in [6.07, 6.45) is 0. The molecule has 2 amide bonds. The van der Waals surface area contributed by atoms with Crippen LogP contribution in [0.1, 0.15) is 45.7 Å². The van der Waals surface area contributed by atoms with E-state index in [2.05, 4.69) is 10.6 Å². The summed E-state index contributed by atoms with van der Waals surface area (Å²) in [4.78, 5) is 35.8. The number of rotatable bonds is 7. The van der Waals surface area contributed by atoms with Crippen LogP contribution in [0, 0.1) is 12.8 Å². The number of aromatic carboxylic acids is 1. The molecule has 0 saturated heterocycles. The molecule has 0 heterocycles. The number of carboxylic acid groups (broad SMARTS) is 1. The molecule has 1 atom stereocenters. The standard InChI is InChI=1S/C21H24N2O4/c1-13(2)18(23-19(24)16-8-4-14(3)5-9-16)20(25)22-12-15-6-10-17(11-7-15)21(26)27/h4-11,13,18H,12H2,1-3H3,(H,22,25)(H,23,24)(H,26,27). The van der Waals surface area contributed by atoms with Gasteiger partial charge in [0.1, 0.15) is 6.04 Å². The predicted molar refractivity (Wildman–Crippen MR) is 103 cm³/mol. The molecule has 1 unspecified atom stereocenters. The van der Waals surface area contributed by atoms with Crippen molar-refractivity contribution in [2.45, 2.75) is 33.4 Å². The number of nitrogens with one attached hydrogen (secondary N) is 2. The lowest BCUT2D eigenvalue weighted by Gasteiger charge is -2.22. The average molecular weight is 368 g/mol. The highest BCUT2D eigenvalue weighted by Gasteiger charge is 2.24. The van der Waals surface area contributed by atoms with Crippen LogP contribution in [-0.2, 0) is 11.3 Å². The monoisotopic (exact) mass is 368 g/mol. The lowest BCUT2D eigenvalue weighted by Crippen LogP contribution is -2.49. The molecule has 0 aliphatic carbocycles. The van der Waals surface area contributed by atoms with Gasteiger partial charge in [-0.2, -0.15) is 0 Å². The number of carboxylic acids is 1. The summed E-state index contributed by atoms with van der Waals surface area (Å²) >= 11 is 0. The third-order valence-corrected chi connectivity index (χ3v) is 4.22. The number of amides is 2. The third kappa shape index (κ3) is 5.67. The molecule has 142 valence electrons. The maximum absolute atomic E-state index is 12.5. The Morgan fingerprint density at radius 1 is 0.926 bits per heavy atom. The number of aryl methyl sites for hydroxylation is 1. The summed E-state index contributed by atoms with van der Waals surface area (Å²) in [5.74, 6) is -1.67. The summed E-state index contributed by atoms with van der Waals surface area (Å²) in [7, 11) is 0. The van der Waals surface area contributed by atoms with Gasteiger partial charge in [-0.1, -0.05) is 43.7 Å². The first-order valence-electron chi connectivity index (χ1n) is 8.75. The lowest BCUT2D eigenvalue weighted by molar-refractivity contribution is -0.124. The van der Waals surface area contributed by atoms with Gasteiger partial charge in [0.25, 0.3) is 5.91 Å². The van der Waals surface area contributed by atoms with Crippen LogP contribution in [0.3, 0.4) is 0 Å². The normalized spacial score (nSPS) is 11.7. The second-order valence-corrected chi connectivity index (χ2v) is 6.78. The Morgan fingerprint density at radius 2 is 1.48 bits per heavy atom. The van der Waals surface area contributed by atoms with Crippen molar-refractivity contribution >= 4 is 17.8 Å². The minimum atomic E-state index is -0.996. The number of carbonyl (C=O) groups excluding carboxylic acids is 2. The van der Waals surface area contributed by atoms with Gasteiger partial charge in [-0.25, -0.2) is 4.79 Å². The van der Waals surface area contributed by atoms with E-state index in [-0.39, 0.29) is 29.8 Å². The summed E-state index contributed by atoms with van der Waals surface area (Å²) < 4.78 is 0. The first kappa shape index (κ1) is 20.2. The zero-order valence-electron chi connectivity index (χ0n) is 15.7. The Labute approximate surface area is 158 Å². The van der Waals surface area contributed by atoms with Crippen molar-refractivity contribution in [3.63, 3.8) is 0 Å². The van der Waals surface area contributed by atoms with Gasteiger partial charge in [0.2, 0.25) is 5.91 Å². The van der Waals surface area contributed by atoms with Gasteiger partial charge in [0, 0.05) is 12.1 Å². The Morgan fingerprint density at radius 3 is 2.00 bits per heavy atom. The van der Waals surface area contributed by atoms with Crippen molar-refractivity contribution in [3.05, 3.63) is 70.8 Å². The third-order valence-electron chi connectivity index (χ3n) is 4.22. The van der Waals surface area contributed by atoms with E-state index in [0.29, 0.717) is 5.56 Å². The molecule has 0 radical (unpaired) electrons. The molecule has 6 nitrogen and oxygen atoms in total. The molecule has 0 aliphatic heterocycles. The van der Waals surface area contributed by atoms with E-state index in [0.717, 1.165) is 11.1 Å². The summed E-state index contributed by atoms with van der Waals surface area (Å²) in [6.45, 7) is 5.92. The van der Waals surface area contributed by atoms with E-state index in [1.807, 2.05) is 32.9 Å². The van der Waals surface area contributed by atoms with Gasteiger partial charge in [0.05, 0.1) is 5.56 Å². The van der Waals surface area contributed by atoms with Gasteiger partial charge < -0.3 is 15.7 Å². The molecular formula is C21H24N2O4. The van der Waals surface area contributed by atoms with E-state index in [9.17, 15) is 14.4 Å². The Hall–Kier alpha value is -3.15. The zero-order valence-corrected chi connectivity index (χ0v) is 15.7. The number of benzene rings is 2. The average Bonchev–Trinajstić information content (AvgIpc) is 2.64. The highest BCUT2D eigenvalue weighted by Crippen LogP contribution is 2.08. The minimum absolute atomic E-state index is 0.0891. The second kappa shape index (κ2) is 8.98. The molecule has 27 heavy (non-hydrogen) atoms. The van der Waals surface area contributed by atoms with E-state index >= 15 is 0 Å². The molecule has 2 aromatic carbocycles. The first-order valence-corrected chi connectivity index (χ1v) is 8.75. The fraction of sp³-hybridized carbons (Fsp3) is 0.286. The van der Waals surface area contributed by atoms with E-state index < -0.39 is 12.0 Å². The Balaban J connectivity index is 1.98. The lowest BCUT2D eigenvalue weighted by atomic mass is 10.0. The maximum atomic E-state index is 12.5. The van der Waals surface area contributed by atoms with E-state index in [1.54, 1.807) is 24.3 Å². The molecule has 2 rings (SSSR count). The van der Waals surface area contributed by atoms with Gasteiger partial charge >= 0.3 is 5.97 Å². The van der Waals surface area contributed by atoms with Crippen LogP contribution in [0.2, 0.25) is 0 Å². The zero-order chi connectivity index (χ0) is 20.0. The van der Waals surface area contributed by atoms with Crippen LogP contribution in [0.15, 0.2) is 48.5 Å². The van der Waals surface area contributed by atoms with Crippen LogP contribution in [0.4, 0.5) is 0 Å². The van der Waals surface area contributed by atoms with Gasteiger partial charge in [-0.15, -0.1) is 0 Å². The second-order valence-electron chi connectivity index (χ2n) is 6.78. The largest absolute Gasteiger partial charge is 0.478 e. The van der Waals surface area contributed by atoms with Gasteiger partial charge in [0.15, 0.2) is 0 Å². The van der Waals surface area contributed by atoms with Crippen molar-refractivity contribution in [1.29, 1.82) is 0 Å². The topological polar surface area (TPSA) is 95.5 Å². The molecule has 0 aromatic heterocycles. The quantitative estimate of drug-likeness (QED) is 0.700. The minimum Gasteiger partial charge on any atom is -0.478 e. The van der Waals surface area contributed by atoms with Crippen molar-refractivity contribution in [3.8, 4) is 0 Å². The molecule has 3 N–H and O–H groups in total. The molecule has 2 aromatic rings. The van der Waals surface area contributed by atoms with E-state index in [4.69, 9.17) is 5.11 Å². The van der Waals surface area contributed by atoms with Crippen molar-refractivity contribution in [1.82, 2.24) is 10.6 Å². The highest BCUT2D eigenvalue weighted by atomic mass is 16.4. The fourth-order valence-electron chi connectivity index (χ4n) is 2.53. The predicted octanol–water partition coefficient (Wildman–Crippen LogP) is 2.76. The van der Waals surface area contributed by atoms with Gasteiger partial charge in [-0.05, 0) is 42.7 Å². The number of carbonyl (C=O) groups is 3. The molecule has 0 fully saturated rings. The van der Waals surface area contributed by atoms with Crippen molar-refractivity contribution in [2.75, 3.05) is 0 Å². The van der Waals surface area contributed by atoms with Crippen LogP contribution < -0.4 is 10.6 Å². The van der Waals surface area contributed by atoms with Crippen molar-refractivity contribution in [2.24, 2.45) is 5.92 Å². The van der Waals surface area contributed by atoms with Crippen LogP contribution >= 0.6 is 0 Å². The fourth-order valence-corrected chi connectivity index (χ4v) is 2.53. The SMILES string of the molecule is Cc1ccc(C(=O)NC(C(=O)NCc2ccc(C(=O)O)cc2)C(C)C)cc1. The molecule has 6 heteroatoms. The Bertz CT molecular complexity index is 811. The highest BCUT2D eigenvalue weighted by molar-refractivity contribution is 5.97. The van der Waals surface area contributed by atoms with Crippen LogP contribution in [0.25, 0.3) is 0 Å². The molecular weight excluding hydrogens is 344 g/mol. The number of hydrogen-bond donors (Lipinski definition) is 3. The summed E-state index contributed by atoms with van der Waals surface area (Å²) in [5, 5.41) is 14.5. The number of hydrogen-bond acceptors (Lipinski definition) is 3. The van der Waals surface area contributed by atoms with Gasteiger partial charge in [-0.3, -0.25) is 9.59 Å². The Kier molecular flexibility index (Phi) is 6.71. The molecule has 0 saturated carbocycles. The molecule has 0 spiro atoms. The van der Waals surface area contributed by atoms with Crippen LogP contribution in [-0.4, -0.2) is 28.9 Å². The first-order chi connectivity index (χ1) is 12.8. The molecule has 0 aliphatic rings. The van der Waals surface area contributed by atoms with Crippen LogP contribution in [0.5, 0.6) is 0 Å². The van der Waals surface area contributed by atoms with E-state index in [1.165, 1.54) is 12.1 Å².